The van der Waals surface area contributed by atoms with Crippen LogP contribution in [-0.2, 0) is 4.74 Å². The maximum Gasteiger partial charge on any atom is 0.119 e. The Labute approximate surface area is 110 Å². The van der Waals surface area contributed by atoms with Gasteiger partial charge in [0.2, 0.25) is 0 Å². The molecule has 0 aromatic heterocycles. The molecular formula is C15H25NO2. The highest BCUT2D eigenvalue weighted by Crippen LogP contribution is 2.13. The molecule has 102 valence electrons. The van der Waals surface area contributed by atoms with Gasteiger partial charge in [-0.05, 0) is 31.0 Å². The van der Waals surface area contributed by atoms with E-state index in [4.69, 9.17) is 9.47 Å². The zero-order valence-corrected chi connectivity index (χ0v) is 11.7. The van der Waals surface area contributed by atoms with Crippen molar-refractivity contribution in [2.24, 2.45) is 5.92 Å². The highest BCUT2D eigenvalue weighted by atomic mass is 16.5. The fourth-order valence-corrected chi connectivity index (χ4v) is 1.89. The van der Waals surface area contributed by atoms with Crippen LogP contribution in [0.25, 0.3) is 0 Å². The first kappa shape index (κ1) is 15.0. The molecule has 0 aliphatic rings. The third kappa shape index (κ3) is 5.52. The van der Waals surface area contributed by atoms with Gasteiger partial charge in [0.05, 0.1) is 0 Å². The van der Waals surface area contributed by atoms with Crippen LogP contribution in [-0.4, -0.2) is 32.9 Å². The molecule has 0 fully saturated rings. The van der Waals surface area contributed by atoms with Crippen LogP contribution in [0.1, 0.15) is 20.3 Å². The smallest absolute Gasteiger partial charge is 0.119 e. The first-order chi connectivity index (χ1) is 8.77. The Balaban J connectivity index is 2.41. The monoisotopic (exact) mass is 251 g/mol. The summed E-state index contributed by atoms with van der Waals surface area (Å²) in [7, 11) is 1.75. The van der Waals surface area contributed by atoms with Crippen LogP contribution in [0.2, 0.25) is 0 Å². The van der Waals surface area contributed by atoms with E-state index in [9.17, 15) is 0 Å². The van der Waals surface area contributed by atoms with Crippen LogP contribution in [0.5, 0.6) is 5.75 Å². The number of methoxy groups -OCH3 is 1. The molecule has 0 aliphatic carbocycles. The van der Waals surface area contributed by atoms with Crippen molar-refractivity contribution in [3.05, 3.63) is 30.3 Å². The summed E-state index contributed by atoms with van der Waals surface area (Å²) in [4.78, 5) is 0. The molecule has 1 rings (SSSR count). The quantitative estimate of drug-likeness (QED) is 0.732. The standard InChI is InChI=1S/C15H25NO2/c1-4-16-15(13(2)10-11-17-3)12-18-14-8-6-5-7-9-14/h5-9,13,15-16H,4,10-12H2,1-3H3. The summed E-state index contributed by atoms with van der Waals surface area (Å²) in [5.41, 5.74) is 0. The molecule has 2 unspecified atom stereocenters. The predicted octanol–water partition coefficient (Wildman–Crippen LogP) is 2.72. The van der Waals surface area contributed by atoms with Crippen molar-refractivity contribution in [2.75, 3.05) is 26.9 Å². The minimum Gasteiger partial charge on any atom is -0.492 e. The van der Waals surface area contributed by atoms with E-state index >= 15 is 0 Å². The van der Waals surface area contributed by atoms with Crippen molar-refractivity contribution in [3.8, 4) is 5.75 Å². The summed E-state index contributed by atoms with van der Waals surface area (Å²) in [6.07, 6.45) is 1.05. The van der Waals surface area contributed by atoms with Gasteiger partial charge in [0.25, 0.3) is 0 Å². The van der Waals surface area contributed by atoms with E-state index in [1.807, 2.05) is 30.3 Å². The Kier molecular flexibility index (Phi) is 7.46. The van der Waals surface area contributed by atoms with Crippen molar-refractivity contribution >= 4 is 0 Å². The van der Waals surface area contributed by atoms with Crippen LogP contribution in [0.3, 0.4) is 0 Å². The maximum absolute atomic E-state index is 5.82. The number of para-hydroxylation sites is 1. The zero-order valence-electron chi connectivity index (χ0n) is 11.7. The van der Waals surface area contributed by atoms with Crippen molar-refractivity contribution in [3.63, 3.8) is 0 Å². The Morgan fingerprint density at radius 1 is 1.22 bits per heavy atom. The number of hydrogen-bond acceptors (Lipinski definition) is 3. The average Bonchev–Trinajstić information content (AvgIpc) is 2.42. The number of hydrogen-bond donors (Lipinski definition) is 1. The summed E-state index contributed by atoms with van der Waals surface area (Å²) in [5, 5.41) is 3.48. The average molecular weight is 251 g/mol. The van der Waals surface area contributed by atoms with Crippen LogP contribution in [0.15, 0.2) is 30.3 Å². The molecule has 2 atom stereocenters. The van der Waals surface area contributed by atoms with Gasteiger partial charge in [0, 0.05) is 19.8 Å². The highest BCUT2D eigenvalue weighted by molar-refractivity contribution is 5.20. The normalized spacial score (nSPS) is 14.2. The molecular weight excluding hydrogens is 226 g/mol. The summed E-state index contributed by atoms with van der Waals surface area (Å²) >= 11 is 0. The molecule has 0 saturated heterocycles. The lowest BCUT2D eigenvalue weighted by molar-refractivity contribution is 0.155. The van der Waals surface area contributed by atoms with Crippen molar-refractivity contribution in [1.82, 2.24) is 5.32 Å². The predicted molar refractivity (Wildman–Crippen MR) is 75.1 cm³/mol. The maximum atomic E-state index is 5.82. The van der Waals surface area contributed by atoms with Crippen molar-refractivity contribution < 1.29 is 9.47 Å². The van der Waals surface area contributed by atoms with Crippen LogP contribution >= 0.6 is 0 Å². The second kappa shape index (κ2) is 8.95. The fraction of sp³-hybridized carbons (Fsp3) is 0.600. The molecule has 0 aliphatic heterocycles. The van der Waals surface area contributed by atoms with E-state index in [0.717, 1.165) is 25.3 Å². The number of likely N-dealkylation sites (N-methyl/N-ethyl adjacent to an activating group) is 1. The largest absolute Gasteiger partial charge is 0.492 e. The van der Waals surface area contributed by atoms with Gasteiger partial charge < -0.3 is 14.8 Å². The van der Waals surface area contributed by atoms with Gasteiger partial charge >= 0.3 is 0 Å². The van der Waals surface area contributed by atoms with Crippen LogP contribution in [0.4, 0.5) is 0 Å². The lowest BCUT2D eigenvalue weighted by atomic mass is 9.99. The van der Waals surface area contributed by atoms with Gasteiger partial charge in [-0.15, -0.1) is 0 Å². The van der Waals surface area contributed by atoms with Crippen molar-refractivity contribution in [1.29, 1.82) is 0 Å². The third-order valence-electron chi connectivity index (χ3n) is 3.10. The van der Waals surface area contributed by atoms with Gasteiger partial charge in [-0.3, -0.25) is 0 Å². The molecule has 0 heterocycles. The Bertz CT molecular complexity index is 303. The number of benzene rings is 1. The van der Waals surface area contributed by atoms with Gasteiger partial charge in [-0.2, -0.15) is 0 Å². The van der Waals surface area contributed by atoms with E-state index in [0.29, 0.717) is 18.6 Å². The zero-order chi connectivity index (χ0) is 13.2. The van der Waals surface area contributed by atoms with Crippen LogP contribution < -0.4 is 10.1 Å². The van der Waals surface area contributed by atoms with Gasteiger partial charge in [0.15, 0.2) is 0 Å². The molecule has 3 heteroatoms. The fourth-order valence-electron chi connectivity index (χ4n) is 1.89. The SMILES string of the molecule is CCNC(COc1ccccc1)C(C)CCOC. The topological polar surface area (TPSA) is 30.5 Å². The number of rotatable bonds is 9. The minimum atomic E-state index is 0.366. The Hall–Kier alpha value is -1.06. The van der Waals surface area contributed by atoms with E-state index in [1.165, 1.54) is 0 Å². The lowest BCUT2D eigenvalue weighted by Crippen LogP contribution is -2.40. The van der Waals surface area contributed by atoms with E-state index < -0.39 is 0 Å². The number of ether oxygens (including phenoxy) is 2. The number of nitrogens with one attached hydrogen (secondary N) is 1. The van der Waals surface area contributed by atoms with E-state index in [1.54, 1.807) is 7.11 Å². The lowest BCUT2D eigenvalue weighted by Gasteiger charge is -2.24. The second-order valence-electron chi connectivity index (χ2n) is 4.55. The third-order valence-corrected chi connectivity index (χ3v) is 3.10. The van der Waals surface area contributed by atoms with Gasteiger partial charge in [0.1, 0.15) is 12.4 Å². The first-order valence-electron chi connectivity index (χ1n) is 6.68. The molecule has 0 saturated carbocycles. The summed E-state index contributed by atoms with van der Waals surface area (Å²) in [6, 6.07) is 10.3. The summed E-state index contributed by atoms with van der Waals surface area (Å²) < 4.78 is 11.0. The van der Waals surface area contributed by atoms with E-state index in [2.05, 4.69) is 19.2 Å². The molecule has 1 aromatic carbocycles. The highest BCUT2D eigenvalue weighted by Gasteiger charge is 2.16. The van der Waals surface area contributed by atoms with E-state index in [-0.39, 0.29) is 0 Å². The summed E-state index contributed by atoms with van der Waals surface area (Å²) in [5.74, 6) is 1.47. The summed E-state index contributed by atoms with van der Waals surface area (Å²) in [6.45, 7) is 6.82. The van der Waals surface area contributed by atoms with Crippen LogP contribution in [0, 0.1) is 5.92 Å². The molecule has 1 aromatic rings. The molecule has 0 spiro atoms. The molecule has 0 bridgehead atoms. The molecule has 1 N–H and O–H groups in total. The van der Waals surface area contributed by atoms with Gasteiger partial charge in [-0.25, -0.2) is 0 Å². The second-order valence-corrected chi connectivity index (χ2v) is 4.55. The Morgan fingerprint density at radius 2 is 1.94 bits per heavy atom. The minimum absolute atomic E-state index is 0.366. The molecule has 0 radical (unpaired) electrons. The first-order valence-corrected chi connectivity index (χ1v) is 6.68. The molecule has 3 nitrogen and oxygen atoms in total. The van der Waals surface area contributed by atoms with Crippen molar-refractivity contribution in [2.45, 2.75) is 26.3 Å². The molecule has 18 heavy (non-hydrogen) atoms. The van der Waals surface area contributed by atoms with Gasteiger partial charge in [-0.1, -0.05) is 32.0 Å². The molecule has 0 amide bonds. The Morgan fingerprint density at radius 3 is 2.56 bits per heavy atom.